The molecule has 0 saturated heterocycles. The quantitative estimate of drug-likeness (QED) is 0.622. The molecule has 1 saturated carbocycles. The van der Waals surface area contributed by atoms with E-state index in [1.165, 1.54) is 37.5 Å². The number of benzene rings is 2. The number of phenols is 1. The van der Waals surface area contributed by atoms with Crippen molar-refractivity contribution >= 4 is 10.8 Å². The third-order valence-corrected chi connectivity index (χ3v) is 6.34. The lowest BCUT2D eigenvalue weighted by atomic mass is 9.74. The molecule has 0 bridgehead atoms. The second-order valence-electron chi connectivity index (χ2n) is 7.87. The van der Waals surface area contributed by atoms with Crippen LogP contribution in [0.3, 0.4) is 0 Å². The lowest BCUT2D eigenvalue weighted by molar-refractivity contribution is 0.204. The van der Waals surface area contributed by atoms with Gasteiger partial charge in [-0.25, -0.2) is 13.2 Å². The van der Waals surface area contributed by atoms with Crippen molar-refractivity contribution in [2.45, 2.75) is 58.8 Å². The molecule has 142 valence electrons. The van der Waals surface area contributed by atoms with Crippen LogP contribution in [0.4, 0.5) is 13.2 Å². The Labute approximate surface area is 153 Å². The van der Waals surface area contributed by atoms with Crippen LogP contribution in [0.5, 0.6) is 5.75 Å². The van der Waals surface area contributed by atoms with Crippen molar-refractivity contribution in [1.29, 1.82) is 0 Å². The first-order chi connectivity index (χ1) is 12.4. The first kappa shape index (κ1) is 19.1. The van der Waals surface area contributed by atoms with Gasteiger partial charge in [0.15, 0.2) is 23.2 Å². The Morgan fingerprint density at radius 3 is 2.38 bits per heavy atom. The standard InChI is InChI=1S/C22H27F3O/c1-3-13(2)15-7-4-14(5-8-15)6-9-17-12-16-10-11-18(26)21(24)19(16)22(25)20(17)23/h10-15,26H,3-9H2,1-2H3. The molecule has 2 aromatic rings. The van der Waals surface area contributed by atoms with Crippen molar-refractivity contribution in [2.24, 2.45) is 17.8 Å². The van der Waals surface area contributed by atoms with Gasteiger partial charge in [-0.1, -0.05) is 39.2 Å². The minimum atomic E-state index is -1.20. The third-order valence-electron chi connectivity index (χ3n) is 6.34. The maximum Gasteiger partial charge on any atom is 0.175 e. The maximum atomic E-state index is 14.4. The zero-order chi connectivity index (χ0) is 18.8. The molecule has 1 aliphatic rings. The third kappa shape index (κ3) is 3.70. The molecule has 1 unspecified atom stereocenters. The highest BCUT2D eigenvalue weighted by atomic mass is 19.2. The van der Waals surface area contributed by atoms with Crippen molar-refractivity contribution in [3.05, 3.63) is 41.2 Å². The number of hydrogen-bond donors (Lipinski definition) is 1. The summed E-state index contributed by atoms with van der Waals surface area (Å²) in [7, 11) is 0. The van der Waals surface area contributed by atoms with Crippen LogP contribution in [0.2, 0.25) is 0 Å². The first-order valence-corrected chi connectivity index (χ1v) is 9.70. The van der Waals surface area contributed by atoms with Crippen LogP contribution >= 0.6 is 0 Å². The predicted molar refractivity (Wildman–Crippen MR) is 98.7 cm³/mol. The van der Waals surface area contributed by atoms with E-state index in [9.17, 15) is 18.3 Å². The summed E-state index contributed by atoms with van der Waals surface area (Å²) >= 11 is 0. The van der Waals surface area contributed by atoms with Gasteiger partial charge in [0, 0.05) is 0 Å². The molecule has 0 radical (unpaired) electrons. The molecule has 0 heterocycles. The maximum absolute atomic E-state index is 14.4. The predicted octanol–water partition coefficient (Wildman–Crippen LogP) is 6.75. The molecular formula is C22H27F3O. The number of phenolic OH excluding ortho intramolecular Hbond substituents is 1. The van der Waals surface area contributed by atoms with E-state index in [0.717, 1.165) is 31.1 Å². The van der Waals surface area contributed by atoms with Gasteiger partial charge in [0.25, 0.3) is 0 Å². The van der Waals surface area contributed by atoms with Gasteiger partial charge in [-0.2, -0.15) is 0 Å². The summed E-state index contributed by atoms with van der Waals surface area (Å²) < 4.78 is 42.6. The average Bonchev–Trinajstić information content (AvgIpc) is 2.66. The first-order valence-electron chi connectivity index (χ1n) is 9.70. The summed E-state index contributed by atoms with van der Waals surface area (Å²) in [6.07, 6.45) is 7.24. The van der Waals surface area contributed by atoms with E-state index in [4.69, 9.17) is 0 Å². The van der Waals surface area contributed by atoms with Crippen molar-refractivity contribution < 1.29 is 18.3 Å². The summed E-state index contributed by atoms with van der Waals surface area (Å²) in [4.78, 5) is 0. The van der Waals surface area contributed by atoms with E-state index in [-0.39, 0.29) is 5.39 Å². The molecule has 1 fully saturated rings. The van der Waals surface area contributed by atoms with Crippen molar-refractivity contribution in [3.63, 3.8) is 0 Å². The Hall–Kier alpha value is -1.71. The molecular weight excluding hydrogens is 337 g/mol. The van der Waals surface area contributed by atoms with E-state index in [1.807, 2.05) is 0 Å². The molecule has 2 aromatic carbocycles. The largest absolute Gasteiger partial charge is 0.505 e. The monoisotopic (exact) mass is 364 g/mol. The van der Waals surface area contributed by atoms with Gasteiger partial charge in [-0.15, -0.1) is 0 Å². The van der Waals surface area contributed by atoms with E-state index in [2.05, 4.69) is 13.8 Å². The zero-order valence-corrected chi connectivity index (χ0v) is 15.5. The van der Waals surface area contributed by atoms with Crippen molar-refractivity contribution in [3.8, 4) is 5.75 Å². The topological polar surface area (TPSA) is 20.2 Å². The number of aromatic hydroxyl groups is 1. The van der Waals surface area contributed by atoms with E-state index in [1.54, 1.807) is 0 Å². The summed E-state index contributed by atoms with van der Waals surface area (Å²) in [5.74, 6) is -1.86. The van der Waals surface area contributed by atoms with Crippen LogP contribution in [0.25, 0.3) is 10.8 Å². The Morgan fingerprint density at radius 1 is 1.04 bits per heavy atom. The fourth-order valence-electron chi connectivity index (χ4n) is 4.35. The van der Waals surface area contributed by atoms with E-state index in [0.29, 0.717) is 17.9 Å². The number of halogens is 3. The molecule has 0 aliphatic heterocycles. The van der Waals surface area contributed by atoms with Crippen LogP contribution < -0.4 is 0 Å². The molecule has 1 nitrogen and oxygen atoms in total. The molecule has 1 aliphatic carbocycles. The smallest absolute Gasteiger partial charge is 0.175 e. The van der Waals surface area contributed by atoms with Crippen molar-refractivity contribution in [1.82, 2.24) is 0 Å². The van der Waals surface area contributed by atoms with Crippen LogP contribution in [0.1, 0.15) is 57.9 Å². The number of fused-ring (bicyclic) bond motifs is 1. The molecule has 26 heavy (non-hydrogen) atoms. The molecule has 1 N–H and O–H groups in total. The van der Waals surface area contributed by atoms with Crippen molar-refractivity contribution in [2.75, 3.05) is 0 Å². The fraction of sp³-hybridized carbons (Fsp3) is 0.545. The molecule has 0 amide bonds. The highest BCUT2D eigenvalue weighted by Gasteiger charge is 2.25. The van der Waals surface area contributed by atoms with E-state index < -0.39 is 28.6 Å². The highest BCUT2D eigenvalue weighted by Crippen LogP contribution is 2.37. The average molecular weight is 364 g/mol. The lowest BCUT2D eigenvalue weighted by Crippen LogP contribution is -2.20. The van der Waals surface area contributed by atoms with E-state index >= 15 is 0 Å². The summed E-state index contributed by atoms with van der Waals surface area (Å²) in [6.45, 7) is 4.55. The van der Waals surface area contributed by atoms with Gasteiger partial charge >= 0.3 is 0 Å². The summed E-state index contributed by atoms with van der Waals surface area (Å²) in [6, 6.07) is 4.12. The number of hydrogen-bond acceptors (Lipinski definition) is 1. The van der Waals surface area contributed by atoms with Gasteiger partial charge in [-0.05, 0) is 66.5 Å². The van der Waals surface area contributed by atoms with Gasteiger partial charge in [0.05, 0.1) is 5.39 Å². The normalized spacial score (nSPS) is 21.9. The van der Waals surface area contributed by atoms with Crippen LogP contribution in [0.15, 0.2) is 18.2 Å². The Bertz CT molecular complexity index is 779. The van der Waals surface area contributed by atoms with Crippen LogP contribution in [-0.4, -0.2) is 5.11 Å². The Balaban J connectivity index is 1.70. The number of rotatable bonds is 5. The molecule has 3 rings (SSSR count). The Morgan fingerprint density at radius 2 is 1.73 bits per heavy atom. The summed E-state index contributed by atoms with van der Waals surface area (Å²) in [5, 5.41) is 9.20. The second kappa shape index (κ2) is 7.89. The SMILES string of the molecule is CCC(C)C1CCC(CCc2cc3ccc(O)c(F)c3c(F)c2F)CC1. The minimum absolute atomic E-state index is 0.287. The van der Waals surface area contributed by atoms with Crippen LogP contribution in [0, 0.1) is 35.2 Å². The molecule has 1 atom stereocenters. The molecule has 0 aromatic heterocycles. The van der Waals surface area contributed by atoms with Gasteiger partial charge in [-0.3, -0.25) is 0 Å². The molecule has 4 heteroatoms. The number of aryl methyl sites for hydroxylation is 1. The highest BCUT2D eigenvalue weighted by molar-refractivity contribution is 5.86. The zero-order valence-electron chi connectivity index (χ0n) is 15.5. The van der Waals surface area contributed by atoms with Gasteiger partial charge in [0.1, 0.15) is 0 Å². The molecule has 0 spiro atoms. The second-order valence-corrected chi connectivity index (χ2v) is 7.87. The lowest BCUT2D eigenvalue weighted by Gasteiger charge is -2.32. The minimum Gasteiger partial charge on any atom is -0.505 e. The van der Waals surface area contributed by atoms with Gasteiger partial charge < -0.3 is 5.11 Å². The summed E-state index contributed by atoms with van der Waals surface area (Å²) in [5.41, 5.74) is 0.295. The van der Waals surface area contributed by atoms with Gasteiger partial charge in [0.2, 0.25) is 0 Å². The Kier molecular flexibility index (Phi) is 5.79. The van der Waals surface area contributed by atoms with Crippen LogP contribution in [-0.2, 0) is 6.42 Å². The fourth-order valence-corrected chi connectivity index (χ4v) is 4.35.